The van der Waals surface area contributed by atoms with Crippen molar-refractivity contribution < 1.29 is 18.0 Å². The number of hydrogen-bond acceptors (Lipinski definition) is 6. The standard InChI is InChI=1S/C24H18F3N7OS/c1-14-13-20(32-31-14)29-21-19-7-4-12-34(19)33-23(30-21)36-16-10-8-15(9-11-16)28-22(35)17-5-2-3-6-18(17)24(25,26)27/h2-13H,1H3,(H,28,35)(H2,29,30,31,32,33). The first kappa shape index (κ1) is 23.4. The molecule has 36 heavy (non-hydrogen) atoms. The molecule has 0 radical (unpaired) electrons. The number of carbonyl (C=O) groups is 1. The second-order valence-electron chi connectivity index (χ2n) is 7.77. The molecule has 182 valence electrons. The zero-order chi connectivity index (χ0) is 25.3. The first-order chi connectivity index (χ1) is 17.3. The number of amides is 1. The Balaban J connectivity index is 1.33. The summed E-state index contributed by atoms with van der Waals surface area (Å²) in [6, 6.07) is 16.9. The first-order valence-electron chi connectivity index (χ1n) is 10.7. The molecular weight excluding hydrogens is 491 g/mol. The molecule has 3 aromatic heterocycles. The number of anilines is 3. The van der Waals surface area contributed by atoms with Crippen LogP contribution in [0.2, 0.25) is 0 Å². The number of halogens is 3. The predicted octanol–water partition coefficient (Wildman–Crippen LogP) is 5.93. The molecule has 0 spiro atoms. The summed E-state index contributed by atoms with van der Waals surface area (Å²) in [5.41, 5.74) is 0.615. The van der Waals surface area contributed by atoms with E-state index in [1.165, 1.54) is 23.9 Å². The van der Waals surface area contributed by atoms with Gasteiger partial charge in [0.2, 0.25) is 5.16 Å². The van der Waals surface area contributed by atoms with Crippen molar-refractivity contribution in [3.63, 3.8) is 0 Å². The van der Waals surface area contributed by atoms with Crippen LogP contribution in [0.1, 0.15) is 21.6 Å². The number of fused-ring (bicyclic) bond motifs is 1. The molecule has 1 amide bonds. The lowest BCUT2D eigenvalue weighted by atomic mass is 10.1. The smallest absolute Gasteiger partial charge is 0.322 e. The summed E-state index contributed by atoms with van der Waals surface area (Å²) in [7, 11) is 0. The zero-order valence-electron chi connectivity index (χ0n) is 18.7. The Hall–Kier alpha value is -4.32. The van der Waals surface area contributed by atoms with Crippen molar-refractivity contribution in [2.24, 2.45) is 0 Å². The molecule has 0 bridgehead atoms. The quantitative estimate of drug-likeness (QED) is 0.263. The Morgan fingerprint density at radius 1 is 1.06 bits per heavy atom. The summed E-state index contributed by atoms with van der Waals surface area (Å²) >= 11 is 1.29. The van der Waals surface area contributed by atoms with Crippen LogP contribution in [0.3, 0.4) is 0 Å². The number of alkyl halides is 3. The molecule has 0 aliphatic rings. The molecule has 0 saturated carbocycles. The molecule has 12 heteroatoms. The lowest BCUT2D eigenvalue weighted by Gasteiger charge is -2.13. The third-order valence-corrected chi connectivity index (χ3v) is 5.99. The molecule has 0 unspecified atom stereocenters. The third-order valence-electron chi connectivity index (χ3n) is 5.12. The Labute approximate surface area is 207 Å². The van der Waals surface area contributed by atoms with Crippen LogP contribution in [0.5, 0.6) is 0 Å². The van der Waals surface area contributed by atoms with E-state index in [0.717, 1.165) is 28.2 Å². The van der Waals surface area contributed by atoms with Crippen molar-refractivity contribution in [1.29, 1.82) is 0 Å². The molecule has 2 aromatic carbocycles. The van der Waals surface area contributed by atoms with Gasteiger partial charge in [-0.05, 0) is 67.2 Å². The summed E-state index contributed by atoms with van der Waals surface area (Å²) in [5.74, 6) is 0.364. The topological polar surface area (TPSA) is 100 Å². The Morgan fingerprint density at radius 3 is 2.56 bits per heavy atom. The van der Waals surface area contributed by atoms with Gasteiger partial charge in [0, 0.05) is 28.5 Å². The van der Waals surface area contributed by atoms with Gasteiger partial charge in [0.1, 0.15) is 5.52 Å². The molecule has 0 aliphatic carbocycles. The van der Waals surface area contributed by atoms with Crippen LogP contribution in [-0.2, 0) is 6.18 Å². The highest BCUT2D eigenvalue weighted by molar-refractivity contribution is 7.99. The molecular formula is C24H18F3N7OS. The summed E-state index contributed by atoms with van der Waals surface area (Å²) in [4.78, 5) is 17.9. The van der Waals surface area contributed by atoms with Crippen molar-refractivity contribution >= 4 is 40.5 Å². The van der Waals surface area contributed by atoms with E-state index in [9.17, 15) is 18.0 Å². The summed E-state index contributed by atoms with van der Waals surface area (Å²) in [6.45, 7) is 1.90. The minimum atomic E-state index is -4.63. The van der Waals surface area contributed by atoms with E-state index in [0.29, 0.717) is 22.5 Å². The molecule has 3 heterocycles. The fourth-order valence-corrected chi connectivity index (χ4v) is 4.24. The minimum absolute atomic E-state index is 0.361. The number of H-pyrrole nitrogens is 1. The van der Waals surface area contributed by atoms with Crippen LogP contribution in [0, 0.1) is 6.92 Å². The SMILES string of the molecule is Cc1cc(Nc2nc(Sc3ccc(NC(=O)c4ccccc4C(F)(F)F)cc3)nn3cccc23)n[nH]1. The Morgan fingerprint density at radius 2 is 1.83 bits per heavy atom. The number of benzene rings is 2. The van der Waals surface area contributed by atoms with Gasteiger partial charge in [-0.15, -0.1) is 5.10 Å². The Bertz CT molecular complexity index is 1540. The van der Waals surface area contributed by atoms with Crippen molar-refractivity contribution in [3.05, 3.63) is 89.7 Å². The van der Waals surface area contributed by atoms with E-state index < -0.39 is 23.2 Å². The van der Waals surface area contributed by atoms with E-state index in [1.807, 2.05) is 25.1 Å². The van der Waals surface area contributed by atoms with E-state index in [1.54, 1.807) is 35.0 Å². The van der Waals surface area contributed by atoms with Crippen LogP contribution in [0.25, 0.3) is 5.52 Å². The average Bonchev–Trinajstić information content (AvgIpc) is 3.48. The second-order valence-corrected chi connectivity index (χ2v) is 8.81. The number of carbonyl (C=O) groups excluding carboxylic acids is 1. The number of nitrogens with one attached hydrogen (secondary N) is 3. The van der Waals surface area contributed by atoms with Gasteiger partial charge in [0.25, 0.3) is 5.91 Å². The Kier molecular flexibility index (Phi) is 6.10. The zero-order valence-corrected chi connectivity index (χ0v) is 19.5. The maximum absolute atomic E-state index is 13.2. The minimum Gasteiger partial charge on any atom is -0.322 e. The molecule has 0 saturated heterocycles. The average molecular weight is 510 g/mol. The normalized spacial score (nSPS) is 11.6. The molecule has 3 N–H and O–H groups in total. The lowest BCUT2D eigenvalue weighted by molar-refractivity contribution is -0.137. The molecule has 5 aromatic rings. The van der Waals surface area contributed by atoms with Crippen molar-refractivity contribution in [2.75, 3.05) is 10.6 Å². The van der Waals surface area contributed by atoms with Gasteiger partial charge in [0.05, 0.1) is 11.1 Å². The largest absolute Gasteiger partial charge is 0.417 e. The number of hydrogen-bond donors (Lipinski definition) is 3. The number of rotatable bonds is 6. The number of aromatic nitrogens is 5. The van der Waals surface area contributed by atoms with E-state index in [4.69, 9.17) is 0 Å². The first-order valence-corrected chi connectivity index (χ1v) is 11.5. The van der Waals surface area contributed by atoms with Gasteiger partial charge >= 0.3 is 6.18 Å². The van der Waals surface area contributed by atoms with Gasteiger partial charge < -0.3 is 10.6 Å². The summed E-state index contributed by atoms with van der Waals surface area (Å²) < 4.78 is 41.4. The van der Waals surface area contributed by atoms with Crippen LogP contribution in [-0.4, -0.2) is 30.7 Å². The molecule has 5 rings (SSSR count). The molecule has 0 atom stereocenters. The van der Waals surface area contributed by atoms with E-state index in [-0.39, 0.29) is 0 Å². The maximum atomic E-state index is 13.2. The summed E-state index contributed by atoms with van der Waals surface area (Å²) in [5, 5.41) is 17.7. The van der Waals surface area contributed by atoms with Crippen LogP contribution >= 0.6 is 11.8 Å². The maximum Gasteiger partial charge on any atom is 0.417 e. The van der Waals surface area contributed by atoms with Gasteiger partial charge in [-0.3, -0.25) is 9.89 Å². The van der Waals surface area contributed by atoms with Crippen molar-refractivity contribution in [2.45, 2.75) is 23.2 Å². The predicted molar refractivity (Wildman–Crippen MR) is 130 cm³/mol. The number of aryl methyl sites for hydroxylation is 1. The van der Waals surface area contributed by atoms with Crippen LogP contribution in [0.4, 0.5) is 30.5 Å². The van der Waals surface area contributed by atoms with E-state index in [2.05, 4.69) is 30.9 Å². The number of aromatic amines is 1. The summed E-state index contributed by atoms with van der Waals surface area (Å²) in [6.07, 6.45) is -2.82. The fourth-order valence-electron chi connectivity index (χ4n) is 3.49. The van der Waals surface area contributed by atoms with Crippen LogP contribution in [0.15, 0.2) is 83.0 Å². The second kappa shape index (κ2) is 9.38. The fraction of sp³-hybridized carbons (Fsp3) is 0.0833. The molecule has 0 fully saturated rings. The van der Waals surface area contributed by atoms with Crippen molar-refractivity contribution in [1.82, 2.24) is 24.8 Å². The van der Waals surface area contributed by atoms with Gasteiger partial charge in [-0.1, -0.05) is 12.1 Å². The van der Waals surface area contributed by atoms with Crippen molar-refractivity contribution in [3.8, 4) is 0 Å². The molecule has 8 nitrogen and oxygen atoms in total. The van der Waals surface area contributed by atoms with Gasteiger partial charge in [0.15, 0.2) is 11.6 Å². The van der Waals surface area contributed by atoms with Crippen LogP contribution < -0.4 is 10.6 Å². The lowest BCUT2D eigenvalue weighted by Crippen LogP contribution is -2.18. The van der Waals surface area contributed by atoms with E-state index >= 15 is 0 Å². The highest BCUT2D eigenvalue weighted by atomic mass is 32.2. The highest BCUT2D eigenvalue weighted by Gasteiger charge is 2.34. The van der Waals surface area contributed by atoms with Gasteiger partial charge in [-0.25, -0.2) is 9.50 Å². The molecule has 0 aliphatic heterocycles. The van der Waals surface area contributed by atoms with Gasteiger partial charge in [-0.2, -0.15) is 18.3 Å². The number of nitrogens with zero attached hydrogens (tertiary/aromatic N) is 4. The highest BCUT2D eigenvalue weighted by Crippen LogP contribution is 2.33. The monoisotopic (exact) mass is 509 g/mol. The third kappa shape index (κ3) is 5.03.